The number of nitrogens with one attached hydrogen (secondary N) is 1. The van der Waals surface area contributed by atoms with Gasteiger partial charge in [-0.2, -0.15) is 5.10 Å². The van der Waals surface area contributed by atoms with Crippen LogP contribution in [0.3, 0.4) is 0 Å². The molecule has 5 nitrogen and oxygen atoms in total. The lowest BCUT2D eigenvalue weighted by Crippen LogP contribution is -2.38. The standard InChI is InChI=1S/C10H13Cl2N3O2/c1-3-6(2)14-8(16)5-15-10(17)9(12)7(11)4-13-15/h4,6H,3,5H2,1-2H3,(H,14,16)/t6-/m1/s1. The molecular weight excluding hydrogens is 265 g/mol. The minimum atomic E-state index is -0.571. The Bertz CT molecular complexity index is 473. The van der Waals surface area contributed by atoms with Crippen LogP contribution in [-0.2, 0) is 11.3 Å². The summed E-state index contributed by atoms with van der Waals surface area (Å²) in [5.74, 6) is -0.285. The van der Waals surface area contributed by atoms with Crippen molar-refractivity contribution in [2.75, 3.05) is 0 Å². The smallest absolute Gasteiger partial charge is 0.287 e. The number of rotatable bonds is 4. The number of hydrogen-bond donors (Lipinski definition) is 1. The molecule has 1 rings (SSSR count). The van der Waals surface area contributed by atoms with Gasteiger partial charge < -0.3 is 5.32 Å². The highest BCUT2D eigenvalue weighted by Crippen LogP contribution is 2.14. The van der Waals surface area contributed by atoms with Crippen LogP contribution in [0.15, 0.2) is 11.0 Å². The highest BCUT2D eigenvalue weighted by atomic mass is 35.5. The molecule has 0 unspecified atom stereocenters. The van der Waals surface area contributed by atoms with Gasteiger partial charge in [-0.3, -0.25) is 9.59 Å². The van der Waals surface area contributed by atoms with Crippen LogP contribution in [0.25, 0.3) is 0 Å². The molecule has 1 amide bonds. The van der Waals surface area contributed by atoms with Crippen molar-refractivity contribution in [3.63, 3.8) is 0 Å². The molecule has 0 aliphatic rings. The van der Waals surface area contributed by atoms with E-state index in [-0.39, 0.29) is 28.5 Å². The largest absolute Gasteiger partial charge is 0.352 e. The first-order valence-corrected chi connectivity index (χ1v) is 5.91. The Morgan fingerprint density at radius 2 is 2.24 bits per heavy atom. The van der Waals surface area contributed by atoms with Gasteiger partial charge in [-0.25, -0.2) is 4.68 Å². The van der Waals surface area contributed by atoms with Crippen LogP contribution in [0.5, 0.6) is 0 Å². The third kappa shape index (κ3) is 3.71. The van der Waals surface area contributed by atoms with Gasteiger partial charge in [0, 0.05) is 6.04 Å². The summed E-state index contributed by atoms with van der Waals surface area (Å²) in [5, 5.41) is 6.42. The maximum atomic E-state index is 11.6. The molecule has 1 aromatic rings. The first-order valence-electron chi connectivity index (χ1n) is 5.16. The van der Waals surface area contributed by atoms with E-state index in [4.69, 9.17) is 23.2 Å². The Morgan fingerprint density at radius 1 is 1.59 bits per heavy atom. The van der Waals surface area contributed by atoms with Gasteiger partial charge in [-0.15, -0.1) is 0 Å². The molecule has 1 N–H and O–H groups in total. The Hall–Kier alpha value is -1.07. The predicted molar refractivity (Wildman–Crippen MR) is 66.4 cm³/mol. The first kappa shape index (κ1) is 14.0. The average molecular weight is 278 g/mol. The van der Waals surface area contributed by atoms with Crippen molar-refractivity contribution in [3.8, 4) is 0 Å². The SMILES string of the molecule is CC[C@@H](C)NC(=O)Cn1ncc(Cl)c(Cl)c1=O. The molecule has 0 fully saturated rings. The molecule has 0 saturated carbocycles. The average Bonchev–Trinajstić information content (AvgIpc) is 2.29. The molecular formula is C10H13Cl2N3O2. The van der Waals surface area contributed by atoms with Gasteiger partial charge in [0.1, 0.15) is 11.6 Å². The van der Waals surface area contributed by atoms with Crippen molar-refractivity contribution in [2.45, 2.75) is 32.9 Å². The lowest BCUT2D eigenvalue weighted by Gasteiger charge is -2.11. The zero-order valence-electron chi connectivity index (χ0n) is 9.54. The van der Waals surface area contributed by atoms with Gasteiger partial charge in [0.05, 0.1) is 11.2 Å². The normalized spacial score (nSPS) is 12.2. The molecule has 7 heteroatoms. The summed E-state index contributed by atoms with van der Waals surface area (Å²) in [6, 6.07) is 0.0565. The van der Waals surface area contributed by atoms with E-state index in [9.17, 15) is 9.59 Å². The quantitative estimate of drug-likeness (QED) is 0.907. The number of nitrogens with zero attached hydrogens (tertiary/aromatic N) is 2. The molecule has 0 aromatic carbocycles. The van der Waals surface area contributed by atoms with Crippen molar-refractivity contribution in [2.24, 2.45) is 0 Å². The summed E-state index contributed by atoms with van der Waals surface area (Å²) >= 11 is 11.3. The Kier molecular flexibility index (Phi) is 4.96. The van der Waals surface area contributed by atoms with E-state index in [0.717, 1.165) is 11.1 Å². The fourth-order valence-corrected chi connectivity index (χ4v) is 1.39. The zero-order valence-corrected chi connectivity index (χ0v) is 11.0. The van der Waals surface area contributed by atoms with Crippen molar-refractivity contribution in [1.29, 1.82) is 0 Å². The third-order valence-corrected chi connectivity index (χ3v) is 3.00. The van der Waals surface area contributed by atoms with E-state index < -0.39 is 5.56 Å². The van der Waals surface area contributed by atoms with Crippen LogP contribution < -0.4 is 10.9 Å². The summed E-state index contributed by atoms with van der Waals surface area (Å²) in [6.07, 6.45) is 2.05. The fourth-order valence-electron chi connectivity index (χ4n) is 1.12. The van der Waals surface area contributed by atoms with Crippen LogP contribution in [0.4, 0.5) is 0 Å². The highest BCUT2D eigenvalue weighted by molar-refractivity contribution is 6.41. The van der Waals surface area contributed by atoms with Crippen molar-refractivity contribution < 1.29 is 4.79 Å². The van der Waals surface area contributed by atoms with Gasteiger partial charge in [0.25, 0.3) is 5.56 Å². The number of carbonyl (C=O) groups excluding carboxylic acids is 1. The fraction of sp³-hybridized carbons (Fsp3) is 0.500. The summed E-state index contributed by atoms with van der Waals surface area (Å²) < 4.78 is 0.978. The van der Waals surface area contributed by atoms with Gasteiger partial charge in [-0.1, -0.05) is 30.1 Å². The van der Waals surface area contributed by atoms with Gasteiger partial charge in [0.2, 0.25) is 5.91 Å². The van der Waals surface area contributed by atoms with Gasteiger partial charge >= 0.3 is 0 Å². The van der Waals surface area contributed by atoms with Crippen molar-refractivity contribution in [3.05, 3.63) is 26.6 Å². The minimum Gasteiger partial charge on any atom is -0.352 e. The summed E-state index contributed by atoms with van der Waals surface area (Å²) in [4.78, 5) is 23.1. The van der Waals surface area contributed by atoms with Gasteiger partial charge in [-0.05, 0) is 13.3 Å². The summed E-state index contributed by atoms with van der Waals surface area (Å²) in [5.41, 5.74) is -0.571. The second kappa shape index (κ2) is 6.02. The van der Waals surface area contributed by atoms with E-state index in [1.807, 2.05) is 13.8 Å². The van der Waals surface area contributed by atoms with Crippen molar-refractivity contribution >= 4 is 29.1 Å². The minimum absolute atomic E-state index is 0.0565. The molecule has 0 radical (unpaired) electrons. The van der Waals surface area contributed by atoms with E-state index in [1.165, 1.54) is 6.20 Å². The molecule has 1 aromatic heterocycles. The number of hydrogen-bond acceptors (Lipinski definition) is 3. The summed E-state index contributed by atoms with van der Waals surface area (Å²) in [7, 11) is 0. The number of halogens is 2. The lowest BCUT2D eigenvalue weighted by molar-refractivity contribution is -0.122. The molecule has 0 saturated heterocycles. The topological polar surface area (TPSA) is 64.0 Å². The second-order valence-corrected chi connectivity index (χ2v) is 4.43. The van der Waals surface area contributed by atoms with Crippen LogP contribution in [-0.4, -0.2) is 21.7 Å². The first-order chi connectivity index (χ1) is 7.95. The second-order valence-electron chi connectivity index (χ2n) is 3.65. The summed E-state index contributed by atoms with van der Waals surface area (Å²) in [6.45, 7) is 3.66. The van der Waals surface area contributed by atoms with E-state index in [2.05, 4.69) is 10.4 Å². The molecule has 1 atom stereocenters. The monoisotopic (exact) mass is 277 g/mol. The van der Waals surface area contributed by atoms with Crippen LogP contribution >= 0.6 is 23.2 Å². The Labute approximate surface area is 109 Å². The van der Waals surface area contributed by atoms with E-state index in [0.29, 0.717) is 0 Å². The lowest BCUT2D eigenvalue weighted by atomic mass is 10.2. The molecule has 0 aliphatic heterocycles. The molecule has 17 heavy (non-hydrogen) atoms. The van der Waals surface area contributed by atoms with Crippen LogP contribution in [0.1, 0.15) is 20.3 Å². The molecule has 1 heterocycles. The molecule has 0 spiro atoms. The van der Waals surface area contributed by atoms with Gasteiger partial charge in [0.15, 0.2) is 0 Å². The number of aromatic nitrogens is 2. The number of amides is 1. The molecule has 0 bridgehead atoms. The predicted octanol–water partition coefficient (Wildman–Crippen LogP) is 1.46. The highest BCUT2D eigenvalue weighted by Gasteiger charge is 2.11. The van der Waals surface area contributed by atoms with E-state index >= 15 is 0 Å². The Morgan fingerprint density at radius 3 is 2.82 bits per heavy atom. The maximum absolute atomic E-state index is 11.6. The number of carbonyl (C=O) groups is 1. The molecule has 0 aliphatic carbocycles. The zero-order chi connectivity index (χ0) is 13.0. The third-order valence-electron chi connectivity index (χ3n) is 2.26. The van der Waals surface area contributed by atoms with E-state index in [1.54, 1.807) is 0 Å². The molecule has 94 valence electrons. The van der Waals surface area contributed by atoms with Crippen LogP contribution in [0, 0.1) is 0 Å². The maximum Gasteiger partial charge on any atom is 0.287 e. The van der Waals surface area contributed by atoms with Crippen molar-refractivity contribution in [1.82, 2.24) is 15.1 Å². The Balaban J connectivity index is 2.80. The van der Waals surface area contributed by atoms with Crippen LogP contribution in [0.2, 0.25) is 10.0 Å².